The summed E-state index contributed by atoms with van der Waals surface area (Å²) in [6.07, 6.45) is 0.964. The van der Waals surface area contributed by atoms with E-state index in [0.717, 1.165) is 26.2 Å². The summed E-state index contributed by atoms with van der Waals surface area (Å²) in [6, 6.07) is 0.138. The van der Waals surface area contributed by atoms with Crippen LogP contribution < -0.4 is 5.32 Å². The van der Waals surface area contributed by atoms with Crippen molar-refractivity contribution in [1.82, 2.24) is 5.32 Å². The van der Waals surface area contributed by atoms with Crippen LogP contribution in [0.2, 0.25) is 0 Å². The predicted molar refractivity (Wildman–Crippen MR) is 59.8 cm³/mol. The van der Waals surface area contributed by atoms with E-state index in [0.29, 0.717) is 0 Å². The van der Waals surface area contributed by atoms with Gasteiger partial charge in [-0.3, -0.25) is 4.79 Å². The summed E-state index contributed by atoms with van der Waals surface area (Å²) in [5.74, 6) is -0.276. The average Bonchev–Trinajstić information content (AvgIpc) is 2.26. The normalized spacial score (nSPS) is 14.7. The molecule has 0 aliphatic heterocycles. The molecule has 0 aromatic heterocycles. The largest absolute Gasteiger partial charge is 0.469 e. The van der Waals surface area contributed by atoms with Gasteiger partial charge >= 0.3 is 5.97 Å². The second-order valence-electron chi connectivity index (χ2n) is 3.61. The summed E-state index contributed by atoms with van der Waals surface area (Å²) in [7, 11) is 1.42. The van der Waals surface area contributed by atoms with Gasteiger partial charge in [0.15, 0.2) is 0 Å². The van der Waals surface area contributed by atoms with Gasteiger partial charge < -0.3 is 14.8 Å². The van der Waals surface area contributed by atoms with Gasteiger partial charge in [-0.15, -0.1) is 0 Å². The number of methoxy groups -OCH3 is 1. The smallest absolute Gasteiger partial charge is 0.309 e. The van der Waals surface area contributed by atoms with Crippen LogP contribution in [-0.2, 0) is 14.3 Å². The van der Waals surface area contributed by atoms with Crippen molar-refractivity contribution in [2.45, 2.75) is 33.2 Å². The van der Waals surface area contributed by atoms with E-state index in [2.05, 4.69) is 10.1 Å². The lowest BCUT2D eigenvalue weighted by Crippen LogP contribution is -2.37. The fourth-order valence-electron chi connectivity index (χ4n) is 1.22. The minimum absolute atomic E-state index is 0.109. The molecule has 0 saturated heterocycles. The molecule has 4 nitrogen and oxygen atoms in total. The van der Waals surface area contributed by atoms with Gasteiger partial charge in [0.25, 0.3) is 0 Å². The van der Waals surface area contributed by atoms with E-state index < -0.39 is 0 Å². The Labute approximate surface area is 92.3 Å². The van der Waals surface area contributed by atoms with E-state index in [4.69, 9.17) is 4.74 Å². The van der Waals surface area contributed by atoms with Crippen LogP contribution in [0.25, 0.3) is 0 Å². The van der Waals surface area contributed by atoms with Gasteiger partial charge in [-0.05, 0) is 26.8 Å². The van der Waals surface area contributed by atoms with Crippen LogP contribution >= 0.6 is 0 Å². The Morgan fingerprint density at radius 2 is 2.07 bits per heavy atom. The topological polar surface area (TPSA) is 47.6 Å². The van der Waals surface area contributed by atoms with Crippen LogP contribution in [0.1, 0.15) is 27.2 Å². The zero-order valence-electron chi connectivity index (χ0n) is 10.2. The van der Waals surface area contributed by atoms with Crippen molar-refractivity contribution in [2.75, 3.05) is 26.9 Å². The molecular formula is C11H23NO3. The number of esters is 1. The van der Waals surface area contributed by atoms with Gasteiger partial charge in [0.05, 0.1) is 13.0 Å². The summed E-state index contributed by atoms with van der Waals surface area (Å²) in [5, 5.41) is 3.28. The van der Waals surface area contributed by atoms with Crippen molar-refractivity contribution < 1.29 is 14.3 Å². The van der Waals surface area contributed by atoms with Crippen LogP contribution in [0, 0.1) is 5.92 Å². The second kappa shape index (κ2) is 8.68. The third kappa shape index (κ3) is 6.47. The molecule has 0 saturated carbocycles. The first-order valence-corrected chi connectivity index (χ1v) is 5.52. The predicted octanol–water partition coefficient (Wildman–Crippen LogP) is 1.20. The number of rotatable bonds is 8. The van der Waals surface area contributed by atoms with Crippen molar-refractivity contribution in [3.63, 3.8) is 0 Å². The van der Waals surface area contributed by atoms with Gasteiger partial charge in [-0.25, -0.2) is 0 Å². The molecule has 0 rings (SSSR count). The molecule has 0 spiro atoms. The van der Waals surface area contributed by atoms with Gasteiger partial charge in [0.2, 0.25) is 0 Å². The monoisotopic (exact) mass is 217 g/mol. The highest BCUT2D eigenvalue weighted by molar-refractivity contribution is 5.72. The zero-order chi connectivity index (χ0) is 11.7. The van der Waals surface area contributed by atoms with Crippen molar-refractivity contribution in [2.24, 2.45) is 5.92 Å². The summed E-state index contributed by atoms with van der Waals surface area (Å²) in [5.41, 5.74) is 0. The molecule has 15 heavy (non-hydrogen) atoms. The summed E-state index contributed by atoms with van der Waals surface area (Å²) >= 11 is 0. The van der Waals surface area contributed by atoms with E-state index >= 15 is 0 Å². The van der Waals surface area contributed by atoms with Gasteiger partial charge in [0, 0.05) is 19.3 Å². The molecule has 0 fully saturated rings. The van der Waals surface area contributed by atoms with Crippen LogP contribution in [-0.4, -0.2) is 38.9 Å². The minimum atomic E-state index is -0.167. The number of hydrogen-bond acceptors (Lipinski definition) is 4. The summed E-state index contributed by atoms with van der Waals surface area (Å²) in [4.78, 5) is 11.2. The third-order valence-corrected chi connectivity index (χ3v) is 2.46. The standard InChI is InChI=1S/C11H23NO3/c1-5-15-8-6-7-12-10(3)9(2)11(13)14-4/h9-10,12H,5-8H2,1-4H3. The first-order chi connectivity index (χ1) is 7.13. The quantitative estimate of drug-likeness (QED) is 0.490. The molecule has 2 unspecified atom stereocenters. The van der Waals surface area contributed by atoms with E-state index in [1.54, 1.807) is 0 Å². The Hall–Kier alpha value is -0.610. The lowest BCUT2D eigenvalue weighted by atomic mass is 10.0. The van der Waals surface area contributed by atoms with Crippen LogP contribution in [0.3, 0.4) is 0 Å². The maximum Gasteiger partial charge on any atom is 0.309 e. The van der Waals surface area contributed by atoms with Crippen LogP contribution in [0.5, 0.6) is 0 Å². The molecule has 0 radical (unpaired) electrons. The number of carbonyl (C=O) groups excluding carboxylic acids is 1. The summed E-state index contributed by atoms with van der Waals surface area (Å²) < 4.78 is 9.89. The number of ether oxygens (including phenoxy) is 2. The van der Waals surface area contributed by atoms with Crippen LogP contribution in [0.15, 0.2) is 0 Å². The Morgan fingerprint density at radius 1 is 1.40 bits per heavy atom. The highest BCUT2D eigenvalue weighted by Gasteiger charge is 2.19. The lowest BCUT2D eigenvalue weighted by Gasteiger charge is -2.19. The molecule has 0 aliphatic rings. The fraction of sp³-hybridized carbons (Fsp3) is 0.909. The second-order valence-corrected chi connectivity index (χ2v) is 3.61. The molecule has 1 N–H and O–H groups in total. The average molecular weight is 217 g/mol. The van der Waals surface area contributed by atoms with Crippen molar-refractivity contribution in [1.29, 1.82) is 0 Å². The van der Waals surface area contributed by atoms with Crippen molar-refractivity contribution in [3.05, 3.63) is 0 Å². The van der Waals surface area contributed by atoms with E-state index in [1.807, 2.05) is 20.8 Å². The first kappa shape index (κ1) is 14.4. The number of nitrogens with one attached hydrogen (secondary N) is 1. The van der Waals surface area contributed by atoms with Gasteiger partial charge in [-0.1, -0.05) is 6.92 Å². The van der Waals surface area contributed by atoms with E-state index in [9.17, 15) is 4.79 Å². The molecular weight excluding hydrogens is 194 g/mol. The highest BCUT2D eigenvalue weighted by atomic mass is 16.5. The molecule has 4 heteroatoms. The Morgan fingerprint density at radius 3 is 2.60 bits per heavy atom. The van der Waals surface area contributed by atoms with Gasteiger partial charge in [0.1, 0.15) is 0 Å². The molecule has 2 atom stereocenters. The molecule has 0 heterocycles. The Balaban J connectivity index is 3.55. The fourth-order valence-corrected chi connectivity index (χ4v) is 1.22. The maximum absolute atomic E-state index is 11.2. The Bertz CT molecular complexity index is 173. The maximum atomic E-state index is 11.2. The number of carbonyl (C=O) groups is 1. The molecule has 90 valence electrons. The Kier molecular flexibility index (Phi) is 8.33. The van der Waals surface area contributed by atoms with Crippen molar-refractivity contribution >= 4 is 5.97 Å². The van der Waals surface area contributed by atoms with Crippen molar-refractivity contribution in [3.8, 4) is 0 Å². The minimum Gasteiger partial charge on any atom is -0.469 e. The van der Waals surface area contributed by atoms with Gasteiger partial charge in [-0.2, -0.15) is 0 Å². The van der Waals surface area contributed by atoms with Crippen LogP contribution in [0.4, 0.5) is 0 Å². The van der Waals surface area contributed by atoms with E-state index in [1.165, 1.54) is 7.11 Å². The molecule has 0 aliphatic carbocycles. The lowest BCUT2D eigenvalue weighted by molar-refractivity contribution is -0.145. The summed E-state index contributed by atoms with van der Waals surface area (Å²) in [6.45, 7) is 8.23. The first-order valence-electron chi connectivity index (χ1n) is 5.52. The highest BCUT2D eigenvalue weighted by Crippen LogP contribution is 2.04. The molecule has 0 amide bonds. The molecule has 0 bridgehead atoms. The molecule has 0 aromatic rings. The zero-order valence-corrected chi connectivity index (χ0v) is 10.2. The molecule has 0 aromatic carbocycles. The third-order valence-electron chi connectivity index (χ3n) is 2.46. The number of hydrogen-bond donors (Lipinski definition) is 1. The van der Waals surface area contributed by atoms with E-state index in [-0.39, 0.29) is 17.9 Å². The SMILES string of the molecule is CCOCCCNC(C)C(C)C(=O)OC.